The maximum Gasteiger partial charge on any atom is 0.433 e. The second kappa shape index (κ2) is 8.89. The monoisotopic (exact) mass is 423 g/mol. The lowest BCUT2D eigenvalue weighted by molar-refractivity contribution is -0.141. The van der Waals surface area contributed by atoms with Crippen molar-refractivity contribution in [2.75, 3.05) is 12.0 Å². The minimum absolute atomic E-state index is 0.0159. The topological polar surface area (TPSA) is 64.4 Å². The molecule has 0 saturated heterocycles. The Labute approximate surface area is 172 Å². The van der Waals surface area contributed by atoms with Crippen LogP contribution in [0.5, 0.6) is 5.75 Å². The van der Waals surface area contributed by atoms with Crippen molar-refractivity contribution < 1.29 is 22.7 Å². The van der Waals surface area contributed by atoms with E-state index in [1.807, 2.05) is 0 Å². The van der Waals surface area contributed by atoms with Crippen LogP contribution in [-0.4, -0.2) is 22.6 Å². The second-order valence-electron chi connectivity index (χ2n) is 7.28. The Balaban J connectivity index is 1.97. The molecule has 0 spiro atoms. The molecule has 1 atom stereocenters. The molecular formula is C21H24F3N3O3. The number of alkyl halides is 3. The average molecular weight is 423 g/mol. The van der Waals surface area contributed by atoms with Gasteiger partial charge in [-0.1, -0.05) is 44.7 Å². The number of unbranched alkanes of at least 4 members (excludes halogenated alkanes) is 3. The van der Waals surface area contributed by atoms with E-state index >= 15 is 0 Å². The van der Waals surface area contributed by atoms with Crippen molar-refractivity contribution in [3.63, 3.8) is 0 Å². The molecule has 0 N–H and O–H groups in total. The molecule has 9 heteroatoms. The van der Waals surface area contributed by atoms with Gasteiger partial charge < -0.3 is 4.74 Å². The van der Waals surface area contributed by atoms with E-state index in [4.69, 9.17) is 4.74 Å². The molecule has 2 aromatic rings. The van der Waals surface area contributed by atoms with Crippen LogP contribution in [0, 0.1) is 0 Å². The molecule has 0 bridgehead atoms. The van der Waals surface area contributed by atoms with Crippen molar-refractivity contribution in [1.29, 1.82) is 0 Å². The molecule has 0 aliphatic carbocycles. The van der Waals surface area contributed by atoms with Gasteiger partial charge in [-0.25, -0.2) is 4.98 Å². The number of carbonyl (C=O) groups is 1. The number of hydrogen-bond acceptors (Lipinski definition) is 4. The number of rotatable bonds is 8. The highest BCUT2D eigenvalue weighted by Gasteiger charge is 2.42. The third kappa shape index (κ3) is 4.49. The molecule has 1 aromatic heterocycles. The van der Waals surface area contributed by atoms with Gasteiger partial charge in [-0.05, 0) is 24.1 Å². The Morgan fingerprint density at radius 1 is 1.10 bits per heavy atom. The van der Waals surface area contributed by atoms with Crippen LogP contribution in [0.4, 0.5) is 19.1 Å². The molecular weight excluding hydrogens is 399 g/mol. The highest BCUT2D eigenvalue weighted by Crippen LogP contribution is 2.35. The minimum Gasteiger partial charge on any atom is -0.497 e. The van der Waals surface area contributed by atoms with Gasteiger partial charge >= 0.3 is 6.18 Å². The molecule has 0 radical (unpaired) electrons. The van der Waals surface area contributed by atoms with E-state index in [9.17, 15) is 22.8 Å². The zero-order chi connectivity index (χ0) is 21.9. The first-order chi connectivity index (χ1) is 14.3. The number of anilines is 1. The Morgan fingerprint density at radius 2 is 1.80 bits per heavy atom. The largest absolute Gasteiger partial charge is 0.497 e. The van der Waals surface area contributed by atoms with Crippen LogP contribution >= 0.6 is 0 Å². The fourth-order valence-electron chi connectivity index (χ4n) is 3.58. The first-order valence-electron chi connectivity index (χ1n) is 9.91. The van der Waals surface area contributed by atoms with Crippen molar-refractivity contribution in [3.05, 3.63) is 51.9 Å². The average Bonchev–Trinajstić information content (AvgIpc) is 2.97. The summed E-state index contributed by atoms with van der Waals surface area (Å²) in [6.07, 6.45) is -0.802. The summed E-state index contributed by atoms with van der Waals surface area (Å²) in [6.45, 7) is 2.07. The molecule has 6 nitrogen and oxygen atoms in total. The molecule has 2 heterocycles. The predicted octanol–water partition coefficient (Wildman–Crippen LogP) is 4.33. The van der Waals surface area contributed by atoms with Gasteiger partial charge in [-0.15, -0.1) is 0 Å². The summed E-state index contributed by atoms with van der Waals surface area (Å²) >= 11 is 0. The molecule has 0 saturated carbocycles. The molecule has 0 fully saturated rings. The number of carbonyl (C=O) groups excluding carboxylic acids is 1. The third-order valence-electron chi connectivity index (χ3n) is 5.16. The lowest BCUT2D eigenvalue weighted by Gasteiger charge is -2.17. The van der Waals surface area contributed by atoms with Crippen LogP contribution in [0.1, 0.15) is 56.3 Å². The Hall–Kier alpha value is -2.84. The number of aromatic nitrogens is 2. The Morgan fingerprint density at radius 3 is 2.40 bits per heavy atom. The van der Waals surface area contributed by atoms with E-state index in [1.165, 1.54) is 12.0 Å². The first-order valence-corrected chi connectivity index (χ1v) is 9.91. The quantitative estimate of drug-likeness (QED) is 0.593. The van der Waals surface area contributed by atoms with E-state index in [0.717, 1.165) is 23.8 Å². The van der Waals surface area contributed by atoms with Crippen molar-refractivity contribution in [2.45, 2.75) is 57.8 Å². The fraction of sp³-hybridized carbons (Fsp3) is 0.476. The van der Waals surface area contributed by atoms with Gasteiger partial charge in [-0.2, -0.15) is 13.2 Å². The summed E-state index contributed by atoms with van der Waals surface area (Å²) in [5.41, 5.74) is -1.47. The zero-order valence-corrected chi connectivity index (χ0v) is 16.9. The van der Waals surface area contributed by atoms with E-state index in [0.29, 0.717) is 30.2 Å². The van der Waals surface area contributed by atoms with E-state index in [-0.39, 0.29) is 12.5 Å². The number of benzene rings is 1. The number of ether oxygens (including phenoxy) is 1. The number of fused-ring (bicyclic) bond motifs is 1. The summed E-state index contributed by atoms with van der Waals surface area (Å²) in [4.78, 5) is 30.4. The van der Waals surface area contributed by atoms with Crippen LogP contribution in [0.15, 0.2) is 35.1 Å². The van der Waals surface area contributed by atoms with Gasteiger partial charge in [0.25, 0.3) is 11.5 Å². The van der Waals surface area contributed by atoms with E-state index < -0.39 is 29.4 Å². The van der Waals surface area contributed by atoms with Crippen molar-refractivity contribution in [1.82, 2.24) is 9.55 Å². The number of methoxy groups -OCH3 is 1. The molecule has 30 heavy (non-hydrogen) atoms. The maximum atomic E-state index is 13.2. The molecule has 1 amide bonds. The number of amides is 1. The van der Waals surface area contributed by atoms with Crippen LogP contribution in [-0.2, 0) is 17.5 Å². The minimum atomic E-state index is -4.78. The molecule has 162 valence electrons. The van der Waals surface area contributed by atoms with Crippen LogP contribution in [0.2, 0.25) is 0 Å². The van der Waals surface area contributed by atoms with E-state index in [1.54, 1.807) is 24.3 Å². The Kier molecular flexibility index (Phi) is 6.48. The summed E-state index contributed by atoms with van der Waals surface area (Å²) in [7, 11) is 1.52. The summed E-state index contributed by atoms with van der Waals surface area (Å²) in [5.74, 6) is -0.0447. The maximum absolute atomic E-state index is 13.2. The van der Waals surface area contributed by atoms with Crippen molar-refractivity contribution in [2.24, 2.45) is 0 Å². The smallest absolute Gasteiger partial charge is 0.433 e. The summed E-state index contributed by atoms with van der Waals surface area (Å²) < 4.78 is 45.9. The van der Waals surface area contributed by atoms with Crippen LogP contribution in [0.25, 0.3) is 0 Å². The normalized spacial score (nSPS) is 16.1. The number of hydrogen-bond donors (Lipinski definition) is 0. The zero-order valence-electron chi connectivity index (χ0n) is 16.9. The van der Waals surface area contributed by atoms with Gasteiger partial charge in [-0.3, -0.25) is 19.1 Å². The van der Waals surface area contributed by atoms with Crippen LogP contribution < -0.4 is 15.2 Å². The first kappa shape index (κ1) is 21.9. The van der Waals surface area contributed by atoms with Crippen molar-refractivity contribution in [3.8, 4) is 5.75 Å². The molecule has 1 aromatic carbocycles. The van der Waals surface area contributed by atoms with Gasteiger partial charge in [0.05, 0.1) is 13.7 Å². The number of nitrogens with zero attached hydrogens (tertiary/aromatic N) is 3. The van der Waals surface area contributed by atoms with Gasteiger partial charge in [0.1, 0.15) is 11.8 Å². The predicted molar refractivity (Wildman–Crippen MR) is 105 cm³/mol. The molecule has 3 rings (SSSR count). The summed E-state index contributed by atoms with van der Waals surface area (Å²) in [6, 6.07) is 6.47. The number of halogens is 3. The molecule has 1 unspecified atom stereocenters. The summed E-state index contributed by atoms with van der Waals surface area (Å²) in [5, 5.41) is 0. The third-order valence-corrected chi connectivity index (χ3v) is 5.16. The van der Waals surface area contributed by atoms with Gasteiger partial charge in [0.15, 0.2) is 5.69 Å². The highest BCUT2D eigenvalue weighted by molar-refractivity contribution is 5.98. The molecule has 1 aliphatic heterocycles. The Bertz CT molecular complexity index is 955. The second-order valence-corrected chi connectivity index (χ2v) is 7.28. The fourth-order valence-corrected chi connectivity index (χ4v) is 3.58. The van der Waals surface area contributed by atoms with Crippen LogP contribution in [0.3, 0.4) is 0 Å². The SMILES string of the molecule is CCCCCCC1C(=O)N(Cc2ccc(OC)cc2)c2nc(C(F)(F)F)cc(=O)n21. The highest BCUT2D eigenvalue weighted by atomic mass is 19.4. The van der Waals surface area contributed by atoms with Gasteiger partial charge in [0.2, 0.25) is 5.95 Å². The van der Waals surface area contributed by atoms with Gasteiger partial charge in [0, 0.05) is 6.07 Å². The van der Waals surface area contributed by atoms with Crippen molar-refractivity contribution >= 4 is 11.9 Å². The lowest BCUT2D eigenvalue weighted by Crippen LogP contribution is -2.29. The standard InChI is InChI=1S/C21H24F3N3O3/c1-3-4-5-6-7-16-19(29)26(13-14-8-10-15(30-2)11-9-14)20-25-17(21(22,23)24)12-18(28)27(16)20/h8-12,16H,3-7,13H2,1-2H3. The lowest BCUT2D eigenvalue weighted by atomic mass is 10.1. The van der Waals surface area contributed by atoms with E-state index in [2.05, 4.69) is 11.9 Å². The molecule has 1 aliphatic rings.